The van der Waals surface area contributed by atoms with Crippen LogP contribution in [0.4, 0.5) is 5.69 Å². The number of hydrogen-bond acceptors (Lipinski definition) is 3. The molecule has 0 spiro atoms. The van der Waals surface area contributed by atoms with Crippen molar-refractivity contribution in [3.8, 4) is 0 Å². The summed E-state index contributed by atoms with van der Waals surface area (Å²) in [6.07, 6.45) is 0. The Balaban J connectivity index is 1.82. The van der Waals surface area contributed by atoms with Crippen molar-refractivity contribution < 1.29 is 13.2 Å². The zero-order valence-electron chi connectivity index (χ0n) is 15.6. The highest BCUT2D eigenvalue weighted by molar-refractivity contribution is 7.92. The van der Waals surface area contributed by atoms with Gasteiger partial charge < -0.3 is 5.32 Å². The van der Waals surface area contributed by atoms with Crippen LogP contribution in [-0.2, 0) is 21.4 Å². The summed E-state index contributed by atoms with van der Waals surface area (Å²) >= 11 is 0. The van der Waals surface area contributed by atoms with Gasteiger partial charge in [0.05, 0.1) is 10.6 Å². The van der Waals surface area contributed by atoms with E-state index in [0.717, 1.165) is 15.4 Å². The molecule has 0 atom stereocenters. The first-order valence-corrected chi connectivity index (χ1v) is 10.4. The minimum Gasteiger partial charge on any atom is -0.350 e. The molecule has 6 heteroatoms. The highest BCUT2D eigenvalue weighted by Gasteiger charge is 2.26. The van der Waals surface area contributed by atoms with Crippen molar-refractivity contribution >= 4 is 21.6 Å². The lowest BCUT2D eigenvalue weighted by Gasteiger charge is -2.24. The van der Waals surface area contributed by atoms with Crippen LogP contribution in [0.5, 0.6) is 0 Å². The lowest BCUT2D eigenvalue weighted by atomic mass is 10.1. The molecular weight excluding hydrogens is 372 g/mol. The van der Waals surface area contributed by atoms with Gasteiger partial charge in [-0.1, -0.05) is 60.7 Å². The van der Waals surface area contributed by atoms with E-state index >= 15 is 0 Å². The topological polar surface area (TPSA) is 66.5 Å². The van der Waals surface area contributed by atoms with Crippen molar-refractivity contribution in [2.45, 2.75) is 18.4 Å². The van der Waals surface area contributed by atoms with Gasteiger partial charge in [0, 0.05) is 6.54 Å². The first-order valence-electron chi connectivity index (χ1n) is 8.92. The Morgan fingerprint density at radius 2 is 1.43 bits per heavy atom. The van der Waals surface area contributed by atoms with Gasteiger partial charge in [-0.3, -0.25) is 9.10 Å². The summed E-state index contributed by atoms with van der Waals surface area (Å²) in [6.45, 7) is 2.02. The monoisotopic (exact) mass is 394 g/mol. The van der Waals surface area contributed by atoms with E-state index in [1.165, 1.54) is 12.1 Å². The average molecular weight is 394 g/mol. The van der Waals surface area contributed by atoms with Gasteiger partial charge in [-0.05, 0) is 42.3 Å². The maximum atomic E-state index is 13.1. The van der Waals surface area contributed by atoms with E-state index in [2.05, 4.69) is 5.32 Å². The summed E-state index contributed by atoms with van der Waals surface area (Å²) in [4.78, 5) is 12.7. The van der Waals surface area contributed by atoms with Gasteiger partial charge in [-0.15, -0.1) is 0 Å². The summed E-state index contributed by atoms with van der Waals surface area (Å²) in [5.74, 6) is -0.369. The summed E-state index contributed by atoms with van der Waals surface area (Å²) in [5, 5.41) is 2.82. The first-order chi connectivity index (χ1) is 13.5. The fourth-order valence-corrected chi connectivity index (χ4v) is 4.26. The molecule has 0 aliphatic heterocycles. The van der Waals surface area contributed by atoms with Gasteiger partial charge in [-0.25, -0.2) is 8.42 Å². The predicted octanol–water partition coefficient (Wildman–Crippen LogP) is 3.51. The fraction of sp³-hybridized carbons (Fsp3) is 0.136. The number of para-hydroxylation sites is 1. The second-order valence-electron chi connectivity index (χ2n) is 6.36. The third kappa shape index (κ3) is 4.58. The maximum absolute atomic E-state index is 13.1. The van der Waals surface area contributed by atoms with E-state index < -0.39 is 10.0 Å². The number of carbonyl (C=O) groups excluding carboxylic acids is 1. The molecule has 0 heterocycles. The summed E-state index contributed by atoms with van der Waals surface area (Å²) in [6, 6.07) is 24.5. The summed E-state index contributed by atoms with van der Waals surface area (Å²) < 4.78 is 27.4. The SMILES string of the molecule is Cc1ccccc1CNC(=O)CN(c1ccccc1)S(=O)(=O)c1ccccc1. The van der Waals surface area contributed by atoms with Gasteiger partial charge >= 0.3 is 0 Å². The molecule has 144 valence electrons. The van der Waals surface area contributed by atoms with Gasteiger partial charge in [-0.2, -0.15) is 0 Å². The number of benzene rings is 3. The van der Waals surface area contributed by atoms with Crippen LogP contribution >= 0.6 is 0 Å². The van der Waals surface area contributed by atoms with Crippen LogP contribution in [0.25, 0.3) is 0 Å². The Labute approximate surface area is 165 Å². The smallest absolute Gasteiger partial charge is 0.264 e. The zero-order valence-corrected chi connectivity index (χ0v) is 16.4. The molecule has 3 aromatic carbocycles. The van der Waals surface area contributed by atoms with E-state index in [4.69, 9.17) is 0 Å². The molecule has 0 aliphatic rings. The van der Waals surface area contributed by atoms with Crippen LogP contribution in [-0.4, -0.2) is 20.9 Å². The van der Waals surface area contributed by atoms with Crippen molar-refractivity contribution in [3.63, 3.8) is 0 Å². The number of sulfonamides is 1. The summed E-state index contributed by atoms with van der Waals surface area (Å²) in [5.41, 5.74) is 2.50. The average Bonchev–Trinajstić information content (AvgIpc) is 2.72. The second kappa shape index (κ2) is 8.71. The number of nitrogens with one attached hydrogen (secondary N) is 1. The molecule has 1 N–H and O–H groups in total. The van der Waals surface area contributed by atoms with E-state index in [1.807, 2.05) is 31.2 Å². The Kier molecular flexibility index (Phi) is 6.11. The highest BCUT2D eigenvalue weighted by atomic mass is 32.2. The van der Waals surface area contributed by atoms with Crippen LogP contribution in [0, 0.1) is 6.92 Å². The standard InChI is InChI=1S/C22H22N2O3S/c1-18-10-8-9-11-19(18)16-23-22(25)17-24(20-12-4-2-5-13-20)28(26,27)21-14-6-3-7-15-21/h2-15H,16-17H2,1H3,(H,23,25). The van der Waals surface area contributed by atoms with E-state index in [1.54, 1.807) is 48.5 Å². The Hall–Kier alpha value is -3.12. The number of nitrogens with zero attached hydrogens (tertiary/aromatic N) is 1. The molecule has 3 aromatic rings. The number of amides is 1. The van der Waals surface area contributed by atoms with Gasteiger partial charge in [0.25, 0.3) is 10.0 Å². The van der Waals surface area contributed by atoms with Crippen LogP contribution in [0.3, 0.4) is 0 Å². The number of carbonyl (C=O) groups is 1. The van der Waals surface area contributed by atoms with Crippen LogP contribution in [0.1, 0.15) is 11.1 Å². The zero-order chi connectivity index (χ0) is 20.0. The third-order valence-corrected chi connectivity index (χ3v) is 6.19. The van der Waals surface area contributed by atoms with Crippen molar-refractivity contribution in [1.29, 1.82) is 0 Å². The van der Waals surface area contributed by atoms with E-state index in [9.17, 15) is 13.2 Å². The van der Waals surface area contributed by atoms with Crippen molar-refractivity contribution in [2.75, 3.05) is 10.8 Å². The molecule has 28 heavy (non-hydrogen) atoms. The van der Waals surface area contributed by atoms with Crippen LogP contribution in [0.2, 0.25) is 0 Å². The molecule has 1 amide bonds. The lowest BCUT2D eigenvalue weighted by molar-refractivity contribution is -0.119. The Morgan fingerprint density at radius 3 is 2.07 bits per heavy atom. The minimum absolute atomic E-state index is 0.144. The molecular formula is C22H22N2O3S. The third-order valence-electron chi connectivity index (χ3n) is 4.40. The van der Waals surface area contributed by atoms with Crippen LogP contribution in [0.15, 0.2) is 89.8 Å². The van der Waals surface area contributed by atoms with Crippen molar-refractivity contribution in [1.82, 2.24) is 5.32 Å². The Morgan fingerprint density at radius 1 is 0.857 bits per heavy atom. The van der Waals surface area contributed by atoms with Gasteiger partial charge in [0.1, 0.15) is 6.54 Å². The molecule has 5 nitrogen and oxygen atoms in total. The minimum atomic E-state index is -3.87. The molecule has 0 aliphatic carbocycles. The maximum Gasteiger partial charge on any atom is 0.264 e. The molecule has 0 fully saturated rings. The molecule has 0 unspecified atom stereocenters. The normalized spacial score (nSPS) is 11.0. The predicted molar refractivity (Wildman–Crippen MR) is 110 cm³/mol. The van der Waals surface area contributed by atoms with Gasteiger partial charge in [0.15, 0.2) is 0 Å². The van der Waals surface area contributed by atoms with Crippen molar-refractivity contribution in [2.24, 2.45) is 0 Å². The fourth-order valence-electron chi connectivity index (χ4n) is 2.82. The van der Waals surface area contributed by atoms with E-state index in [0.29, 0.717) is 12.2 Å². The number of rotatable bonds is 7. The number of hydrogen-bond donors (Lipinski definition) is 1. The molecule has 0 bridgehead atoms. The number of anilines is 1. The van der Waals surface area contributed by atoms with Crippen LogP contribution < -0.4 is 9.62 Å². The highest BCUT2D eigenvalue weighted by Crippen LogP contribution is 2.23. The van der Waals surface area contributed by atoms with E-state index in [-0.39, 0.29) is 17.3 Å². The molecule has 0 aromatic heterocycles. The molecule has 0 radical (unpaired) electrons. The summed E-state index contributed by atoms with van der Waals surface area (Å²) in [7, 11) is -3.87. The quantitative estimate of drug-likeness (QED) is 0.667. The van der Waals surface area contributed by atoms with Gasteiger partial charge in [0.2, 0.25) is 5.91 Å². The lowest BCUT2D eigenvalue weighted by Crippen LogP contribution is -2.40. The Bertz CT molecular complexity index is 1040. The molecule has 3 rings (SSSR count). The molecule has 0 saturated carbocycles. The first kappa shape index (κ1) is 19.6. The largest absolute Gasteiger partial charge is 0.350 e. The second-order valence-corrected chi connectivity index (χ2v) is 8.23. The van der Waals surface area contributed by atoms with Crippen molar-refractivity contribution in [3.05, 3.63) is 96.1 Å². The number of aryl methyl sites for hydroxylation is 1. The molecule has 0 saturated heterocycles.